The van der Waals surface area contributed by atoms with Crippen molar-refractivity contribution < 1.29 is 4.74 Å². The fourth-order valence-electron chi connectivity index (χ4n) is 4.50. The molecular weight excluding hydrogens is 248 g/mol. The number of hydrogen-bond donors (Lipinski definition) is 1. The quantitative estimate of drug-likeness (QED) is 0.857. The lowest BCUT2D eigenvalue weighted by molar-refractivity contribution is -0.0453. The summed E-state index contributed by atoms with van der Waals surface area (Å²) in [5.41, 5.74) is 0.463. The Morgan fingerprint density at radius 1 is 1.20 bits per heavy atom. The third kappa shape index (κ3) is 3.20. The Kier molecular flexibility index (Phi) is 5.00. The van der Waals surface area contributed by atoms with Crippen LogP contribution >= 0.6 is 0 Å². The Morgan fingerprint density at radius 3 is 2.75 bits per heavy atom. The first-order valence-electron chi connectivity index (χ1n) is 8.92. The number of nitrogens with one attached hydrogen (secondary N) is 1. The molecule has 2 unspecified atom stereocenters. The minimum atomic E-state index is 0.463. The van der Waals surface area contributed by atoms with Crippen LogP contribution in [0.4, 0.5) is 0 Å². The van der Waals surface area contributed by atoms with Crippen molar-refractivity contribution in [3.8, 4) is 0 Å². The standard InChI is InChI=1S/C17H32N2O/c1-2-7-15-12-19(13-16-8-3-6-11-20-16)17(14-18-15)9-4-5-10-17/h15-16,18H,2-14H2,1H3. The third-order valence-corrected chi connectivity index (χ3v) is 5.70. The van der Waals surface area contributed by atoms with Crippen LogP contribution in [0.25, 0.3) is 0 Å². The van der Waals surface area contributed by atoms with Gasteiger partial charge in [-0.15, -0.1) is 0 Å². The minimum Gasteiger partial charge on any atom is -0.377 e. The summed E-state index contributed by atoms with van der Waals surface area (Å²) in [5.74, 6) is 0. The SMILES string of the molecule is CCCC1CN(CC2CCCCO2)C2(CCCC2)CN1. The van der Waals surface area contributed by atoms with E-state index in [1.54, 1.807) is 0 Å². The first-order valence-corrected chi connectivity index (χ1v) is 8.92. The summed E-state index contributed by atoms with van der Waals surface area (Å²) in [6, 6.07) is 0.704. The lowest BCUT2D eigenvalue weighted by Crippen LogP contribution is -2.64. The van der Waals surface area contributed by atoms with Crippen LogP contribution in [-0.4, -0.2) is 48.8 Å². The summed E-state index contributed by atoms with van der Waals surface area (Å²) < 4.78 is 6.02. The maximum Gasteiger partial charge on any atom is 0.0702 e. The molecule has 0 aromatic heterocycles. The average molecular weight is 280 g/mol. The van der Waals surface area contributed by atoms with Gasteiger partial charge in [0.2, 0.25) is 0 Å². The van der Waals surface area contributed by atoms with Crippen molar-refractivity contribution in [2.45, 2.75) is 82.4 Å². The van der Waals surface area contributed by atoms with Gasteiger partial charge < -0.3 is 10.1 Å². The molecule has 3 nitrogen and oxygen atoms in total. The van der Waals surface area contributed by atoms with Crippen LogP contribution in [0.5, 0.6) is 0 Å². The van der Waals surface area contributed by atoms with Gasteiger partial charge in [-0.2, -0.15) is 0 Å². The number of rotatable bonds is 4. The van der Waals surface area contributed by atoms with Gasteiger partial charge in [-0.3, -0.25) is 4.90 Å². The molecule has 20 heavy (non-hydrogen) atoms. The Bertz CT molecular complexity index is 295. The van der Waals surface area contributed by atoms with Gasteiger partial charge in [0.25, 0.3) is 0 Å². The Balaban J connectivity index is 1.64. The van der Waals surface area contributed by atoms with Gasteiger partial charge in [0.05, 0.1) is 6.10 Å². The highest BCUT2D eigenvalue weighted by molar-refractivity contribution is 5.02. The number of ether oxygens (including phenoxy) is 1. The maximum absolute atomic E-state index is 6.02. The molecular formula is C17H32N2O. The van der Waals surface area contributed by atoms with E-state index in [4.69, 9.17) is 4.74 Å². The smallest absolute Gasteiger partial charge is 0.0702 e. The summed E-state index contributed by atoms with van der Waals surface area (Å²) in [6.07, 6.45) is 12.6. The number of hydrogen-bond acceptors (Lipinski definition) is 3. The molecule has 0 bridgehead atoms. The fourth-order valence-corrected chi connectivity index (χ4v) is 4.50. The molecule has 3 aliphatic rings. The van der Waals surface area contributed by atoms with Crippen LogP contribution in [0.15, 0.2) is 0 Å². The molecule has 0 radical (unpaired) electrons. The average Bonchev–Trinajstić information content (AvgIpc) is 2.94. The van der Waals surface area contributed by atoms with Gasteiger partial charge in [0, 0.05) is 37.8 Å². The predicted octanol–water partition coefficient (Wildman–Crippen LogP) is 2.94. The summed E-state index contributed by atoms with van der Waals surface area (Å²) in [7, 11) is 0. The lowest BCUT2D eigenvalue weighted by Gasteiger charge is -2.49. The van der Waals surface area contributed by atoms with Crippen molar-refractivity contribution in [2.24, 2.45) is 0 Å². The topological polar surface area (TPSA) is 24.5 Å². The van der Waals surface area contributed by atoms with E-state index in [9.17, 15) is 0 Å². The summed E-state index contributed by atoms with van der Waals surface area (Å²) in [6.45, 7) is 6.93. The Morgan fingerprint density at radius 2 is 2.05 bits per heavy atom. The molecule has 3 rings (SSSR count). The van der Waals surface area contributed by atoms with E-state index in [1.807, 2.05) is 0 Å². The fraction of sp³-hybridized carbons (Fsp3) is 1.00. The molecule has 2 heterocycles. The zero-order valence-electron chi connectivity index (χ0n) is 13.2. The lowest BCUT2D eigenvalue weighted by atomic mass is 9.89. The Labute approximate surface area is 124 Å². The summed E-state index contributed by atoms with van der Waals surface area (Å²) in [5, 5.41) is 3.84. The van der Waals surface area contributed by atoms with Crippen molar-refractivity contribution in [3.05, 3.63) is 0 Å². The van der Waals surface area contributed by atoms with Crippen LogP contribution in [0, 0.1) is 0 Å². The second kappa shape index (κ2) is 6.76. The number of nitrogens with zero attached hydrogens (tertiary/aromatic N) is 1. The van der Waals surface area contributed by atoms with Crippen molar-refractivity contribution in [3.63, 3.8) is 0 Å². The van der Waals surface area contributed by atoms with Gasteiger partial charge in [-0.05, 0) is 38.5 Å². The van der Waals surface area contributed by atoms with E-state index in [1.165, 1.54) is 77.4 Å². The number of piperazine rings is 1. The van der Waals surface area contributed by atoms with E-state index in [0.29, 0.717) is 17.7 Å². The highest BCUT2D eigenvalue weighted by atomic mass is 16.5. The molecule has 1 aliphatic carbocycles. The molecule has 1 saturated carbocycles. The van der Waals surface area contributed by atoms with Crippen LogP contribution in [0.2, 0.25) is 0 Å². The third-order valence-electron chi connectivity index (χ3n) is 5.70. The molecule has 2 atom stereocenters. The van der Waals surface area contributed by atoms with Gasteiger partial charge in [-0.25, -0.2) is 0 Å². The van der Waals surface area contributed by atoms with Gasteiger partial charge in [-0.1, -0.05) is 26.2 Å². The van der Waals surface area contributed by atoms with E-state index in [0.717, 1.165) is 6.61 Å². The van der Waals surface area contributed by atoms with E-state index >= 15 is 0 Å². The second-order valence-electron chi connectivity index (χ2n) is 7.19. The van der Waals surface area contributed by atoms with Crippen LogP contribution in [0.1, 0.15) is 64.7 Å². The molecule has 3 heteroatoms. The highest BCUT2D eigenvalue weighted by Crippen LogP contribution is 2.37. The van der Waals surface area contributed by atoms with Crippen LogP contribution in [0.3, 0.4) is 0 Å². The monoisotopic (exact) mass is 280 g/mol. The van der Waals surface area contributed by atoms with Crippen molar-refractivity contribution >= 4 is 0 Å². The zero-order chi connectivity index (χ0) is 13.8. The molecule has 0 aromatic carbocycles. The van der Waals surface area contributed by atoms with Gasteiger partial charge in [0.1, 0.15) is 0 Å². The molecule has 116 valence electrons. The highest BCUT2D eigenvalue weighted by Gasteiger charge is 2.43. The molecule has 2 saturated heterocycles. The van der Waals surface area contributed by atoms with E-state index in [-0.39, 0.29) is 0 Å². The summed E-state index contributed by atoms with van der Waals surface area (Å²) in [4.78, 5) is 2.83. The molecule has 0 amide bonds. The zero-order valence-corrected chi connectivity index (χ0v) is 13.2. The maximum atomic E-state index is 6.02. The minimum absolute atomic E-state index is 0.463. The van der Waals surface area contributed by atoms with E-state index < -0.39 is 0 Å². The predicted molar refractivity (Wildman–Crippen MR) is 83.1 cm³/mol. The van der Waals surface area contributed by atoms with Crippen molar-refractivity contribution in [1.82, 2.24) is 10.2 Å². The molecule has 3 fully saturated rings. The Hall–Kier alpha value is -0.120. The van der Waals surface area contributed by atoms with Crippen molar-refractivity contribution in [1.29, 1.82) is 0 Å². The first-order chi connectivity index (χ1) is 9.82. The first kappa shape index (κ1) is 14.8. The molecule has 0 aromatic rings. The van der Waals surface area contributed by atoms with Crippen LogP contribution < -0.4 is 5.32 Å². The van der Waals surface area contributed by atoms with Crippen molar-refractivity contribution in [2.75, 3.05) is 26.2 Å². The molecule has 2 aliphatic heterocycles. The second-order valence-corrected chi connectivity index (χ2v) is 7.19. The normalized spacial score (nSPS) is 34.6. The van der Waals surface area contributed by atoms with Crippen LogP contribution in [-0.2, 0) is 4.74 Å². The molecule has 1 N–H and O–H groups in total. The van der Waals surface area contributed by atoms with Gasteiger partial charge in [0.15, 0.2) is 0 Å². The summed E-state index contributed by atoms with van der Waals surface area (Å²) >= 11 is 0. The largest absolute Gasteiger partial charge is 0.377 e. The van der Waals surface area contributed by atoms with Gasteiger partial charge >= 0.3 is 0 Å². The van der Waals surface area contributed by atoms with E-state index in [2.05, 4.69) is 17.1 Å². The molecule has 1 spiro atoms.